The normalized spacial score (nSPS) is 14.0. The smallest absolute Gasteiger partial charge is 0.0983 e. The Morgan fingerprint density at radius 2 is 2.10 bits per heavy atom. The van der Waals surface area contributed by atoms with Crippen molar-refractivity contribution in [1.82, 2.24) is 0 Å². The van der Waals surface area contributed by atoms with Gasteiger partial charge in [0.15, 0.2) is 0 Å². The number of hydrogen-bond acceptors (Lipinski definition) is 2. The minimum absolute atomic E-state index is 0. The van der Waals surface area contributed by atoms with Gasteiger partial charge in [0, 0.05) is 7.11 Å². The second-order valence-electron chi connectivity index (χ2n) is 2.23. The summed E-state index contributed by atoms with van der Waals surface area (Å²) in [6.07, 6.45) is 0. The topological polar surface area (TPSA) is 35.2 Å². The summed E-state index contributed by atoms with van der Waals surface area (Å²) < 4.78 is 4.83. The van der Waals surface area contributed by atoms with Gasteiger partial charge < -0.3 is 10.5 Å². The van der Waals surface area contributed by atoms with E-state index in [0.717, 1.165) is 0 Å². The molecule has 10 heavy (non-hydrogen) atoms. The molecule has 3 heteroatoms. The molecule has 1 unspecified atom stereocenters. The van der Waals surface area contributed by atoms with Crippen LogP contribution in [0, 0.1) is 11.8 Å². The number of halogens is 1. The van der Waals surface area contributed by atoms with E-state index in [-0.39, 0.29) is 12.4 Å². The van der Waals surface area contributed by atoms with E-state index >= 15 is 0 Å². The lowest BCUT2D eigenvalue weighted by atomic mass is 10.1. The molecule has 0 amide bonds. The van der Waals surface area contributed by atoms with Crippen molar-refractivity contribution in [2.24, 2.45) is 5.73 Å². The highest BCUT2D eigenvalue weighted by Gasteiger charge is 2.12. The van der Waals surface area contributed by atoms with E-state index in [2.05, 4.69) is 11.8 Å². The van der Waals surface area contributed by atoms with Crippen molar-refractivity contribution in [2.45, 2.75) is 19.4 Å². The van der Waals surface area contributed by atoms with E-state index in [9.17, 15) is 0 Å². The van der Waals surface area contributed by atoms with Crippen LogP contribution in [0.1, 0.15) is 13.8 Å². The van der Waals surface area contributed by atoms with Gasteiger partial charge in [0.25, 0.3) is 0 Å². The zero-order valence-electron chi connectivity index (χ0n) is 6.60. The Hall–Kier alpha value is -0.230. The van der Waals surface area contributed by atoms with Crippen molar-refractivity contribution in [3.63, 3.8) is 0 Å². The molecule has 0 rings (SSSR count). The van der Waals surface area contributed by atoms with Crippen molar-refractivity contribution in [3.8, 4) is 11.8 Å². The van der Waals surface area contributed by atoms with Crippen LogP contribution in [0.5, 0.6) is 0 Å². The Balaban J connectivity index is 0. The molecular formula is C7H14ClNO. The first kappa shape index (κ1) is 12.4. The lowest BCUT2D eigenvalue weighted by Gasteiger charge is -2.14. The summed E-state index contributed by atoms with van der Waals surface area (Å²) in [5.41, 5.74) is 5.16. The molecule has 0 aromatic carbocycles. The van der Waals surface area contributed by atoms with Crippen molar-refractivity contribution in [2.75, 3.05) is 13.7 Å². The van der Waals surface area contributed by atoms with Crippen LogP contribution < -0.4 is 5.73 Å². The summed E-state index contributed by atoms with van der Waals surface area (Å²) >= 11 is 0. The van der Waals surface area contributed by atoms with E-state index < -0.39 is 5.54 Å². The molecule has 0 saturated carbocycles. The van der Waals surface area contributed by atoms with Gasteiger partial charge >= 0.3 is 0 Å². The first-order valence-electron chi connectivity index (χ1n) is 2.84. The van der Waals surface area contributed by atoms with Crippen molar-refractivity contribution < 1.29 is 4.74 Å². The van der Waals surface area contributed by atoms with Gasteiger partial charge in [-0.25, -0.2) is 0 Å². The molecule has 0 radical (unpaired) electrons. The van der Waals surface area contributed by atoms with E-state index in [1.165, 1.54) is 0 Å². The molecule has 60 valence electrons. The molecule has 0 heterocycles. The van der Waals surface area contributed by atoms with Gasteiger partial charge in [-0.1, -0.05) is 5.92 Å². The second-order valence-corrected chi connectivity index (χ2v) is 2.23. The largest absolute Gasteiger partial charge is 0.382 e. The molecule has 1 atom stereocenters. The SMILES string of the molecule is CC#CC(C)(N)COC.Cl. The van der Waals surface area contributed by atoms with E-state index in [0.29, 0.717) is 6.61 Å². The maximum atomic E-state index is 5.64. The van der Waals surface area contributed by atoms with Crippen LogP contribution in [-0.2, 0) is 4.74 Å². The lowest BCUT2D eigenvalue weighted by molar-refractivity contribution is 0.164. The van der Waals surface area contributed by atoms with E-state index in [1.807, 2.05) is 6.92 Å². The fraction of sp³-hybridized carbons (Fsp3) is 0.714. The zero-order valence-corrected chi connectivity index (χ0v) is 7.42. The Morgan fingerprint density at radius 3 is 2.40 bits per heavy atom. The third kappa shape index (κ3) is 5.90. The molecule has 0 aliphatic heterocycles. The summed E-state index contributed by atoms with van der Waals surface area (Å²) in [5, 5.41) is 0. The lowest BCUT2D eigenvalue weighted by Crippen LogP contribution is -2.39. The molecule has 2 nitrogen and oxygen atoms in total. The Morgan fingerprint density at radius 1 is 1.60 bits per heavy atom. The van der Waals surface area contributed by atoms with Gasteiger partial charge in [0.05, 0.1) is 12.1 Å². The van der Waals surface area contributed by atoms with Crippen LogP contribution in [0.25, 0.3) is 0 Å². The molecular weight excluding hydrogens is 150 g/mol. The summed E-state index contributed by atoms with van der Waals surface area (Å²) in [7, 11) is 1.61. The van der Waals surface area contributed by atoms with Crippen LogP contribution in [-0.4, -0.2) is 19.3 Å². The molecule has 0 bridgehead atoms. The standard InChI is InChI=1S/C7H13NO.ClH/c1-4-5-7(2,8)6-9-3;/h6,8H2,1-3H3;1H. The summed E-state index contributed by atoms with van der Waals surface area (Å²) in [4.78, 5) is 0. The van der Waals surface area contributed by atoms with Crippen molar-refractivity contribution in [3.05, 3.63) is 0 Å². The fourth-order valence-corrected chi connectivity index (χ4v) is 0.621. The first-order valence-corrected chi connectivity index (χ1v) is 2.84. The molecule has 0 aliphatic rings. The Bertz CT molecular complexity index is 134. The number of nitrogens with two attached hydrogens (primary N) is 1. The van der Waals surface area contributed by atoms with Crippen molar-refractivity contribution in [1.29, 1.82) is 0 Å². The summed E-state index contributed by atoms with van der Waals surface area (Å²) in [6, 6.07) is 0. The van der Waals surface area contributed by atoms with Gasteiger partial charge in [0.2, 0.25) is 0 Å². The third-order valence-electron chi connectivity index (χ3n) is 0.855. The highest BCUT2D eigenvalue weighted by molar-refractivity contribution is 5.85. The molecule has 0 aromatic rings. The summed E-state index contributed by atoms with van der Waals surface area (Å²) in [5.74, 6) is 5.56. The highest BCUT2D eigenvalue weighted by atomic mass is 35.5. The van der Waals surface area contributed by atoms with Crippen LogP contribution >= 0.6 is 12.4 Å². The molecule has 0 fully saturated rings. The van der Waals surface area contributed by atoms with Crippen LogP contribution in [0.15, 0.2) is 0 Å². The minimum atomic E-state index is -0.483. The van der Waals surface area contributed by atoms with Crippen LogP contribution in [0.4, 0.5) is 0 Å². The van der Waals surface area contributed by atoms with Gasteiger partial charge in [0.1, 0.15) is 0 Å². The quantitative estimate of drug-likeness (QED) is 0.612. The summed E-state index contributed by atoms with van der Waals surface area (Å²) in [6.45, 7) is 4.08. The monoisotopic (exact) mass is 163 g/mol. The van der Waals surface area contributed by atoms with Gasteiger partial charge in [-0.15, -0.1) is 18.3 Å². The molecule has 0 aliphatic carbocycles. The van der Waals surface area contributed by atoms with E-state index in [1.54, 1.807) is 14.0 Å². The van der Waals surface area contributed by atoms with Gasteiger partial charge in [-0.3, -0.25) is 0 Å². The van der Waals surface area contributed by atoms with Crippen LogP contribution in [0.3, 0.4) is 0 Å². The average Bonchev–Trinajstić information content (AvgIpc) is 1.64. The predicted molar refractivity (Wildman–Crippen MR) is 45.2 cm³/mol. The maximum Gasteiger partial charge on any atom is 0.0983 e. The molecule has 0 saturated heterocycles. The number of ether oxygens (including phenoxy) is 1. The Kier molecular flexibility index (Phi) is 6.90. The maximum absolute atomic E-state index is 5.64. The highest BCUT2D eigenvalue weighted by Crippen LogP contribution is 1.95. The molecule has 0 spiro atoms. The van der Waals surface area contributed by atoms with Gasteiger partial charge in [-0.05, 0) is 13.8 Å². The fourth-order valence-electron chi connectivity index (χ4n) is 0.621. The molecule has 2 N–H and O–H groups in total. The average molecular weight is 164 g/mol. The Labute approximate surface area is 68.5 Å². The predicted octanol–water partition coefficient (Wildman–Crippen LogP) is 0.795. The van der Waals surface area contributed by atoms with Gasteiger partial charge in [-0.2, -0.15) is 0 Å². The van der Waals surface area contributed by atoms with E-state index in [4.69, 9.17) is 10.5 Å². The van der Waals surface area contributed by atoms with Crippen molar-refractivity contribution >= 4 is 12.4 Å². The van der Waals surface area contributed by atoms with Crippen LogP contribution in [0.2, 0.25) is 0 Å². The number of rotatable bonds is 2. The molecule has 0 aromatic heterocycles. The first-order chi connectivity index (χ1) is 4.12. The third-order valence-corrected chi connectivity index (χ3v) is 0.855. The second kappa shape index (κ2) is 5.55. The zero-order chi connectivity index (χ0) is 7.33. The minimum Gasteiger partial charge on any atom is -0.382 e. The number of hydrogen-bond donors (Lipinski definition) is 1. The number of methoxy groups -OCH3 is 1.